The fourth-order valence-corrected chi connectivity index (χ4v) is 4.27. The number of halogens is 1. The summed E-state index contributed by atoms with van der Waals surface area (Å²) in [4.78, 5) is 12.6. The molecule has 0 bridgehead atoms. The first-order chi connectivity index (χ1) is 14.7. The maximum Gasteiger partial charge on any atom is 0.261 e. The molecule has 0 radical (unpaired) electrons. The van der Waals surface area contributed by atoms with E-state index in [2.05, 4.69) is 10.0 Å². The number of hydrogen-bond acceptors (Lipinski definition) is 4. The summed E-state index contributed by atoms with van der Waals surface area (Å²) in [5.74, 6) is -0.0372. The van der Waals surface area contributed by atoms with Crippen molar-refractivity contribution in [2.24, 2.45) is 0 Å². The average molecular weight is 459 g/mol. The molecule has 0 aliphatic heterocycles. The number of amides is 1. The van der Waals surface area contributed by atoms with E-state index >= 15 is 0 Å². The molecule has 0 fully saturated rings. The molecule has 3 aromatic rings. The van der Waals surface area contributed by atoms with Gasteiger partial charge in [-0.15, -0.1) is 0 Å². The van der Waals surface area contributed by atoms with Crippen molar-refractivity contribution in [3.8, 4) is 5.75 Å². The number of ether oxygens (including phenoxy) is 1. The van der Waals surface area contributed by atoms with Crippen LogP contribution in [0, 0.1) is 13.8 Å². The van der Waals surface area contributed by atoms with Gasteiger partial charge in [0.05, 0.1) is 22.9 Å². The Hall–Kier alpha value is -3.03. The molecular weight excluding hydrogens is 436 g/mol. The van der Waals surface area contributed by atoms with E-state index in [1.165, 1.54) is 18.2 Å². The number of nitrogens with one attached hydrogen (secondary N) is 2. The fourth-order valence-electron chi connectivity index (χ4n) is 2.98. The third kappa shape index (κ3) is 5.57. The summed E-state index contributed by atoms with van der Waals surface area (Å²) in [6.45, 7) is 5.93. The predicted molar refractivity (Wildman–Crippen MR) is 124 cm³/mol. The highest BCUT2D eigenvalue weighted by Crippen LogP contribution is 2.30. The molecule has 0 aliphatic rings. The number of benzene rings is 3. The molecule has 8 heteroatoms. The number of carbonyl (C=O) groups is 1. The Bertz CT molecular complexity index is 1210. The van der Waals surface area contributed by atoms with Gasteiger partial charge >= 0.3 is 0 Å². The van der Waals surface area contributed by atoms with Crippen LogP contribution < -0.4 is 14.8 Å². The molecule has 0 heterocycles. The summed E-state index contributed by atoms with van der Waals surface area (Å²) in [6.07, 6.45) is 0. The second-order valence-electron chi connectivity index (χ2n) is 6.98. The average Bonchev–Trinajstić information content (AvgIpc) is 2.72. The van der Waals surface area contributed by atoms with Crippen LogP contribution in [0.5, 0.6) is 5.75 Å². The fraction of sp³-hybridized carbons (Fsp3) is 0.174. The number of carbonyl (C=O) groups excluding carboxylic acids is 1. The van der Waals surface area contributed by atoms with E-state index in [-0.39, 0.29) is 10.6 Å². The van der Waals surface area contributed by atoms with Crippen molar-refractivity contribution < 1.29 is 17.9 Å². The molecule has 0 aromatic heterocycles. The van der Waals surface area contributed by atoms with Gasteiger partial charge in [0.2, 0.25) is 0 Å². The summed E-state index contributed by atoms with van der Waals surface area (Å²) >= 11 is 5.87. The zero-order chi connectivity index (χ0) is 22.6. The lowest BCUT2D eigenvalue weighted by Gasteiger charge is -2.15. The first-order valence-electron chi connectivity index (χ1n) is 9.63. The second kappa shape index (κ2) is 9.41. The van der Waals surface area contributed by atoms with Crippen molar-refractivity contribution in [3.05, 3.63) is 82.4 Å². The minimum atomic E-state index is -3.88. The maximum atomic E-state index is 13.0. The van der Waals surface area contributed by atoms with E-state index < -0.39 is 15.9 Å². The van der Waals surface area contributed by atoms with E-state index in [9.17, 15) is 13.2 Å². The van der Waals surface area contributed by atoms with Gasteiger partial charge in [-0.3, -0.25) is 9.52 Å². The molecule has 0 saturated heterocycles. The van der Waals surface area contributed by atoms with E-state index in [0.29, 0.717) is 28.6 Å². The topological polar surface area (TPSA) is 84.5 Å². The third-order valence-electron chi connectivity index (χ3n) is 4.54. The molecule has 0 atom stereocenters. The van der Waals surface area contributed by atoms with Gasteiger partial charge < -0.3 is 10.1 Å². The first-order valence-corrected chi connectivity index (χ1v) is 11.5. The summed E-state index contributed by atoms with van der Waals surface area (Å²) < 4.78 is 34.1. The van der Waals surface area contributed by atoms with Crippen LogP contribution in [0.1, 0.15) is 28.4 Å². The van der Waals surface area contributed by atoms with E-state index in [0.717, 1.165) is 11.1 Å². The molecule has 3 aromatic carbocycles. The predicted octanol–water partition coefficient (Wildman–Crippen LogP) is 5.41. The SMILES string of the molecule is CCOc1ccc(S(=O)(=O)Nc2ccc(C)cc2C)cc1NC(=O)c1ccc(Cl)cc1. The number of sulfonamides is 1. The molecule has 3 rings (SSSR count). The highest BCUT2D eigenvalue weighted by molar-refractivity contribution is 7.92. The second-order valence-corrected chi connectivity index (χ2v) is 9.09. The Kier molecular flexibility index (Phi) is 6.87. The molecule has 0 saturated carbocycles. The first kappa shape index (κ1) is 22.7. The van der Waals surface area contributed by atoms with Crippen molar-refractivity contribution >= 4 is 38.9 Å². The molecule has 0 aliphatic carbocycles. The monoisotopic (exact) mass is 458 g/mol. The minimum Gasteiger partial charge on any atom is -0.492 e. The van der Waals surface area contributed by atoms with Gasteiger partial charge in [0.25, 0.3) is 15.9 Å². The third-order valence-corrected chi connectivity index (χ3v) is 6.16. The van der Waals surface area contributed by atoms with Crippen molar-refractivity contribution in [2.45, 2.75) is 25.7 Å². The lowest BCUT2D eigenvalue weighted by Crippen LogP contribution is -2.16. The van der Waals surface area contributed by atoms with Crippen LogP contribution in [0.25, 0.3) is 0 Å². The van der Waals surface area contributed by atoms with Crippen molar-refractivity contribution in [3.63, 3.8) is 0 Å². The van der Waals surface area contributed by atoms with Crippen LogP contribution in [-0.2, 0) is 10.0 Å². The van der Waals surface area contributed by atoms with Crippen LogP contribution in [-0.4, -0.2) is 20.9 Å². The quantitative estimate of drug-likeness (QED) is 0.495. The largest absolute Gasteiger partial charge is 0.492 e. The molecule has 6 nitrogen and oxygen atoms in total. The van der Waals surface area contributed by atoms with E-state index in [1.807, 2.05) is 26.0 Å². The van der Waals surface area contributed by atoms with Crippen LogP contribution in [0.15, 0.2) is 65.6 Å². The molecule has 0 spiro atoms. The Labute approximate surface area is 187 Å². The smallest absolute Gasteiger partial charge is 0.261 e. The summed E-state index contributed by atoms with van der Waals surface area (Å²) in [6, 6.07) is 16.2. The van der Waals surface area contributed by atoms with Gasteiger partial charge in [0.1, 0.15) is 5.75 Å². The lowest BCUT2D eigenvalue weighted by atomic mass is 10.1. The standard InChI is InChI=1S/C23H23ClN2O4S/c1-4-30-22-12-10-19(31(28,29)26-20-11-5-15(2)13-16(20)3)14-21(22)25-23(27)17-6-8-18(24)9-7-17/h5-14,26H,4H2,1-3H3,(H,25,27). The Morgan fingerprint density at radius 3 is 2.32 bits per heavy atom. The number of aryl methyl sites for hydroxylation is 2. The van der Waals surface area contributed by atoms with Gasteiger partial charge in [0.15, 0.2) is 0 Å². The van der Waals surface area contributed by atoms with Gasteiger partial charge in [-0.2, -0.15) is 0 Å². The normalized spacial score (nSPS) is 11.1. The maximum absolute atomic E-state index is 13.0. The highest BCUT2D eigenvalue weighted by Gasteiger charge is 2.19. The van der Waals surface area contributed by atoms with Crippen molar-refractivity contribution in [2.75, 3.05) is 16.6 Å². The minimum absolute atomic E-state index is 0.00216. The van der Waals surface area contributed by atoms with E-state index in [4.69, 9.17) is 16.3 Å². The van der Waals surface area contributed by atoms with Gasteiger partial charge in [-0.05, 0) is 74.9 Å². The zero-order valence-corrected chi connectivity index (χ0v) is 19.0. The number of anilines is 2. The Balaban J connectivity index is 1.92. The lowest BCUT2D eigenvalue weighted by molar-refractivity contribution is 0.102. The van der Waals surface area contributed by atoms with E-state index in [1.54, 1.807) is 37.3 Å². The van der Waals surface area contributed by atoms with Crippen LogP contribution >= 0.6 is 11.6 Å². The van der Waals surface area contributed by atoms with Crippen LogP contribution in [0.2, 0.25) is 5.02 Å². The molecule has 0 unspecified atom stereocenters. The molecule has 162 valence electrons. The van der Waals surface area contributed by atoms with Gasteiger partial charge in [-0.25, -0.2) is 8.42 Å². The Morgan fingerprint density at radius 2 is 1.68 bits per heavy atom. The zero-order valence-electron chi connectivity index (χ0n) is 17.4. The molecular formula is C23H23ClN2O4S. The Morgan fingerprint density at radius 1 is 0.968 bits per heavy atom. The van der Waals surface area contributed by atoms with Crippen molar-refractivity contribution in [1.82, 2.24) is 0 Å². The highest BCUT2D eigenvalue weighted by atomic mass is 35.5. The summed E-state index contributed by atoms with van der Waals surface area (Å²) in [7, 11) is -3.88. The number of hydrogen-bond donors (Lipinski definition) is 2. The van der Waals surface area contributed by atoms with Crippen molar-refractivity contribution in [1.29, 1.82) is 0 Å². The van der Waals surface area contributed by atoms with Crippen LogP contribution in [0.3, 0.4) is 0 Å². The summed E-state index contributed by atoms with van der Waals surface area (Å²) in [5.41, 5.74) is 2.98. The summed E-state index contributed by atoms with van der Waals surface area (Å²) in [5, 5.41) is 3.24. The van der Waals surface area contributed by atoms with Gasteiger partial charge in [-0.1, -0.05) is 29.3 Å². The van der Waals surface area contributed by atoms with Gasteiger partial charge in [0, 0.05) is 10.6 Å². The molecule has 31 heavy (non-hydrogen) atoms. The van der Waals surface area contributed by atoms with Crippen LogP contribution in [0.4, 0.5) is 11.4 Å². The molecule has 2 N–H and O–H groups in total. The molecule has 1 amide bonds. The number of rotatable bonds is 7.